The molecule has 4 nitrogen and oxygen atoms in total. The molecule has 0 saturated heterocycles. The Balaban J connectivity index is 1.87. The molecular formula is C18H16FN3OS. The van der Waals surface area contributed by atoms with Crippen LogP contribution in [0.2, 0.25) is 0 Å². The molecule has 0 spiro atoms. The van der Waals surface area contributed by atoms with Crippen LogP contribution in [0, 0.1) is 26.6 Å². The van der Waals surface area contributed by atoms with Crippen molar-refractivity contribution < 1.29 is 9.18 Å². The van der Waals surface area contributed by atoms with Gasteiger partial charge in [0.05, 0.1) is 5.56 Å². The van der Waals surface area contributed by atoms with Crippen LogP contribution in [0.15, 0.2) is 36.4 Å². The summed E-state index contributed by atoms with van der Waals surface area (Å²) in [6.45, 7) is 6.09. The van der Waals surface area contributed by atoms with Gasteiger partial charge in [0, 0.05) is 5.56 Å². The number of carbonyl (C=O) groups excluding carboxylic acids is 1. The lowest BCUT2D eigenvalue weighted by Crippen LogP contribution is -2.13. The van der Waals surface area contributed by atoms with Crippen molar-refractivity contribution in [3.05, 3.63) is 64.5 Å². The van der Waals surface area contributed by atoms with E-state index in [1.54, 1.807) is 6.07 Å². The highest BCUT2D eigenvalue weighted by Crippen LogP contribution is 2.32. The van der Waals surface area contributed by atoms with Gasteiger partial charge in [0.25, 0.3) is 5.91 Å². The molecule has 1 N–H and O–H groups in total. The highest BCUT2D eigenvalue weighted by atomic mass is 32.1. The number of carbonyl (C=O) groups is 1. The van der Waals surface area contributed by atoms with Crippen molar-refractivity contribution in [1.29, 1.82) is 0 Å². The molecule has 0 fully saturated rings. The second-order valence-electron chi connectivity index (χ2n) is 5.62. The summed E-state index contributed by atoms with van der Waals surface area (Å²) >= 11 is 1.27. The van der Waals surface area contributed by atoms with E-state index in [2.05, 4.69) is 27.6 Å². The van der Waals surface area contributed by atoms with E-state index in [1.165, 1.54) is 35.1 Å². The van der Waals surface area contributed by atoms with Crippen LogP contribution in [0.3, 0.4) is 0 Å². The van der Waals surface area contributed by atoms with Gasteiger partial charge in [-0.1, -0.05) is 41.2 Å². The number of anilines is 1. The third-order valence-electron chi connectivity index (χ3n) is 3.65. The molecule has 0 radical (unpaired) electrons. The molecule has 122 valence electrons. The number of aromatic nitrogens is 2. The zero-order chi connectivity index (χ0) is 17.3. The van der Waals surface area contributed by atoms with Gasteiger partial charge < -0.3 is 0 Å². The third kappa shape index (κ3) is 3.19. The zero-order valence-electron chi connectivity index (χ0n) is 13.6. The van der Waals surface area contributed by atoms with E-state index >= 15 is 0 Å². The lowest BCUT2D eigenvalue weighted by Gasteiger charge is -2.07. The van der Waals surface area contributed by atoms with E-state index in [0.717, 1.165) is 21.7 Å². The van der Waals surface area contributed by atoms with E-state index < -0.39 is 11.7 Å². The quantitative estimate of drug-likeness (QED) is 0.762. The molecule has 6 heteroatoms. The normalized spacial score (nSPS) is 10.7. The van der Waals surface area contributed by atoms with Crippen LogP contribution in [0.5, 0.6) is 0 Å². The van der Waals surface area contributed by atoms with Gasteiger partial charge in [0.15, 0.2) is 0 Å². The van der Waals surface area contributed by atoms with E-state index in [0.29, 0.717) is 5.13 Å². The van der Waals surface area contributed by atoms with Gasteiger partial charge >= 0.3 is 0 Å². The molecule has 24 heavy (non-hydrogen) atoms. The lowest BCUT2D eigenvalue weighted by atomic mass is 10.0. The number of rotatable bonds is 3. The van der Waals surface area contributed by atoms with Crippen LogP contribution in [-0.2, 0) is 0 Å². The van der Waals surface area contributed by atoms with Crippen molar-refractivity contribution in [3.63, 3.8) is 0 Å². The standard InChI is InChI=1S/C18H16FN3OS/c1-10-8-11(2)15(12(3)9-10)17-21-22-18(24-17)20-16(23)13-6-4-5-7-14(13)19/h4-9H,1-3H3,(H,20,22,23). The number of halogens is 1. The number of amides is 1. The Morgan fingerprint density at radius 3 is 2.42 bits per heavy atom. The first kappa shape index (κ1) is 16.3. The predicted octanol–water partition coefficient (Wildman–Crippen LogP) is 4.52. The summed E-state index contributed by atoms with van der Waals surface area (Å²) in [5.41, 5.74) is 4.40. The second kappa shape index (κ2) is 6.49. The molecule has 1 heterocycles. The highest BCUT2D eigenvalue weighted by molar-refractivity contribution is 7.18. The molecule has 0 aliphatic rings. The van der Waals surface area contributed by atoms with E-state index in [-0.39, 0.29) is 5.56 Å². The lowest BCUT2D eigenvalue weighted by molar-refractivity contribution is 0.102. The van der Waals surface area contributed by atoms with E-state index in [1.807, 2.05) is 20.8 Å². The first-order chi connectivity index (χ1) is 11.5. The monoisotopic (exact) mass is 341 g/mol. The molecular weight excluding hydrogens is 325 g/mol. The van der Waals surface area contributed by atoms with Crippen molar-refractivity contribution in [3.8, 4) is 10.6 Å². The van der Waals surface area contributed by atoms with E-state index in [4.69, 9.17) is 0 Å². The summed E-state index contributed by atoms with van der Waals surface area (Å²) < 4.78 is 13.7. The van der Waals surface area contributed by atoms with Gasteiger partial charge in [-0.05, 0) is 44.0 Å². The first-order valence-electron chi connectivity index (χ1n) is 7.43. The molecule has 2 aromatic carbocycles. The van der Waals surface area contributed by atoms with Crippen molar-refractivity contribution in [1.82, 2.24) is 10.2 Å². The Labute approximate surface area is 143 Å². The molecule has 0 unspecified atom stereocenters. The van der Waals surface area contributed by atoms with Crippen LogP contribution in [0.25, 0.3) is 10.6 Å². The van der Waals surface area contributed by atoms with Crippen LogP contribution in [-0.4, -0.2) is 16.1 Å². The molecule has 1 aromatic heterocycles. The Morgan fingerprint density at radius 1 is 1.08 bits per heavy atom. The average Bonchev–Trinajstić information content (AvgIpc) is 2.94. The predicted molar refractivity (Wildman–Crippen MR) is 93.9 cm³/mol. The number of hydrogen-bond acceptors (Lipinski definition) is 4. The van der Waals surface area contributed by atoms with Crippen molar-refractivity contribution in [2.45, 2.75) is 20.8 Å². The summed E-state index contributed by atoms with van der Waals surface area (Å²) in [6, 6.07) is 10.0. The van der Waals surface area contributed by atoms with Crippen LogP contribution < -0.4 is 5.32 Å². The molecule has 1 amide bonds. The summed E-state index contributed by atoms with van der Waals surface area (Å²) in [5, 5.41) is 11.9. The zero-order valence-corrected chi connectivity index (χ0v) is 14.4. The molecule has 3 rings (SSSR count). The maximum Gasteiger partial charge on any atom is 0.260 e. The first-order valence-corrected chi connectivity index (χ1v) is 8.25. The highest BCUT2D eigenvalue weighted by Gasteiger charge is 2.16. The summed E-state index contributed by atoms with van der Waals surface area (Å²) in [5.74, 6) is -1.10. The Hall–Kier alpha value is -2.60. The molecule has 0 saturated carbocycles. The van der Waals surface area contributed by atoms with Crippen LogP contribution >= 0.6 is 11.3 Å². The second-order valence-corrected chi connectivity index (χ2v) is 6.60. The van der Waals surface area contributed by atoms with E-state index in [9.17, 15) is 9.18 Å². The summed E-state index contributed by atoms with van der Waals surface area (Å²) in [6.07, 6.45) is 0. The number of hydrogen-bond donors (Lipinski definition) is 1. The summed E-state index contributed by atoms with van der Waals surface area (Å²) in [7, 11) is 0. The number of benzene rings is 2. The maximum absolute atomic E-state index is 13.7. The van der Waals surface area contributed by atoms with Crippen LogP contribution in [0.1, 0.15) is 27.0 Å². The Bertz CT molecular complexity index is 897. The average molecular weight is 341 g/mol. The van der Waals surface area contributed by atoms with Crippen LogP contribution in [0.4, 0.5) is 9.52 Å². The SMILES string of the molecule is Cc1cc(C)c(-c2nnc(NC(=O)c3ccccc3F)s2)c(C)c1. The smallest absolute Gasteiger partial charge is 0.260 e. The van der Waals surface area contributed by atoms with Gasteiger partial charge in [-0.2, -0.15) is 0 Å². The molecule has 0 aliphatic carbocycles. The van der Waals surface area contributed by atoms with Gasteiger partial charge in [0.1, 0.15) is 10.8 Å². The molecule has 0 bridgehead atoms. The van der Waals surface area contributed by atoms with Crippen molar-refractivity contribution in [2.75, 3.05) is 5.32 Å². The molecule has 3 aromatic rings. The number of nitrogens with one attached hydrogen (secondary N) is 1. The van der Waals surface area contributed by atoms with Gasteiger partial charge in [0.2, 0.25) is 5.13 Å². The van der Waals surface area contributed by atoms with Gasteiger partial charge in [-0.25, -0.2) is 4.39 Å². The van der Waals surface area contributed by atoms with Crippen molar-refractivity contribution in [2.24, 2.45) is 0 Å². The minimum absolute atomic E-state index is 0.0167. The Morgan fingerprint density at radius 2 is 1.75 bits per heavy atom. The number of nitrogens with zero attached hydrogens (tertiary/aromatic N) is 2. The minimum Gasteiger partial charge on any atom is -0.296 e. The number of aryl methyl sites for hydroxylation is 3. The molecule has 0 atom stereocenters. The Kier molecular flexibility index (Phi) is 4.40. The fraction of sp³-hybridized carbons (Fsp3) is 0.167. The fourth-order valence-electron chi connectivity index (χ4n) is 2.70. The topological polar surface area (TPSA) is 54.9 Å². The molecule has 0 aliphatic heterocycles. The largest absolute Gasteiger partial charge is 0.296 e. The van der Waals surface area contributed by atoms with Gasteiger partial charge in [-0.3, -0.25) is 10.1 Å². The summed E-state index contributed by atoms with van der Waals surface area (Å²) in [4.78, 5) is 12.1. The third-order valence-corrected chi connectivity index (χ3v) is 4.51. The minimum atomic E-state index is -0.565. The van der Waals surface area contributed by atoms with Gasteiger partial charge in [-0.15, -0.1) is 10.2 Å². The van der Waals surface area contributed by atoms with Crippen molar-refractivity contribution >= 4 is 22.4 Å². The fourth-order valence-corrected chi connectivity index (χ4v) is 3.62. The maximum atomic E-state index is 13.7.